The lowest BCUT2D eigenvalue weighted by Crippen LogP contribution is -2.28. The Morgan fingerprint density at radius 3 is 1.08 bits per heavy atom. The van der Waals surface area contributed by atoms with Crippen LogP contribution in [0.4, 0.5) is 58.2 Å². The molecule has 10 aromatic heterocycles. The van der Waals surface area contributed by atoms with Gasteiger partial charge < -0.3 is 60.5 Å². The highest BCUT2D eigenvalue weighted by molar-refractivity contribution is 6.36. The predicted octanol–water partition coefficient (Wildman–Crippen LogP) is 21.7. The molecule has 0 spiro atoms. The number of fused-ring (bicyclic) bond motifs is 5. The molecule has 132 heavy (non-hydrogen) atoms. The van der Waals surface area contributed by atoms with Crippen LogP contribution in [-0.2, 0) is 0 Å². The number of nitrogens with zero attached hydrogens (tertiary/aromatic N) is 19. The Bertz CT molecular complexity index is 6620. The van der Waals surface area contributed by atoms with Gasteiger partial charge in [-0.3, -0.25) is 9.97 Å². The highest BCUT2D eigenvalue weighted by Crippen LogP contribution is 2.35. The molecule has 4 aliphatic rings. The fraction of sp³-hybridized carbons (Fsp3) is 0.313. The number of nitriles is 3. The molecule has 33 heteroatoms. The highest BCUT2D eigenvalue weighted by atomic mass is 35.5. The van der Waals surface area contributed by atoms with Crippen LogP contribution in [0.15, 0.2) is 195 Å². The van der Waals surface area contributed by atoms with E-state index in [2.05, 4.69) is 119 Å². The zero-order chi connectivity index (χ0) is 91.5. The lowest BCUT2D eigenvalue weighted by atomic mass is 9.90. The third-order valence-corrected chi connectivity index (χ3v) is 23.4. The molecule has 3 saturated carbocycles. The summed E-state index contributed by atoms with van der Waals surface area (Å²) in [4.78, 5) is 67.7. The van der Waals surface area contributed by atoms with Crippen molar-refractivity contribution >= 4 is 147 Å². The van der Waals surface area contributed by atoms with Crippen molar-refractivity contribution in [3.8, 4) is 47.6 Å². The van der Waals surface area contributed by atoms with E-state index in [1.807, 2.05) is 185 Å². The molecule has 1 saturated heterocycles. The number of rotatable bonds is 24. The third-order valence-electron chi connectivity index (χ3n) is 22.5. The van der Waals surface area contributed by atoms with Crippen molar-refractivity contribution < 1.29 is 23.7 Å². The molecule has 672 valence electrons. The summed E-state index contributed by atoms with van der Waals surface area (Å²) in [5, 5.41) is 58.8. The van der Waals surface area contributed by atoms with Gasteiger partial charge in [0.15, 0.2) is 29.1 Å². The average molecular weight is 1830 g/mol. The molecular formula is C99H100Cl3N25O5. The van der Waals surface area contributed by atoms with E-state index in [1.165, 1.54) is 89.2 Å². The second-order valence-corrected chi connectivity index (χ2v) is 34.1. The summed E-state index contributed by atoms with van der Waals surface area (Å²) in [6.45, 7) is 9.55. The molecule has 30 nitrogen and oxygen atoms in total. The highest BCUT2D eigenvalue weighted by Gasteiger charge is 2.24. The van der Waals surface area contributed by atoms with Gasteiger partial charge in [-0.1, -0.05) is 165 Å². The number of hydrogen-bond donors (Lipinski definition) is 6. The van der Waals surface area contributed by atoms with Crippen molar-refractivity contribution in [3.63, 3.8) is 0 Å². The monoisotopic (exact) mass is 1820 g/mol. The van der Waals surface area contributed by atoms with Crippen molar-refractivity contribution in [3.05, 3.63) is 239 Å². The molecule has 4 fully saturated rings. The Morgan fingerprint density at radius 2 is 0.705 bits per heavy atom. The molecule has 0 amide bonds. The summed E-state index contributed by atoms with van der Waals surface area (Å²) in [5.41, 5.74) is 2.14. The first-order valence-electron chi connectivity index (χ1n) is 44.2. The summed E-state index contributed by atoms with van der Waals surface area (Å²) in [6, 6.07) is 49.0. The quantitative estimate of drug-likeness (QED) is 0.0327. The summed E-state index contributed by atoms with van der Waals surface area (Å²) in [5.74, 6) is 9.19. The maximum atomic E-state index is 9.30. The molecule has 0 radical (unpaired) electrons. The fourth-order valence-corrected chi connectivity index (χ4v) is 16.4. The molecule has 0 bridgehead atoms. The molecule has 1 unspecified atom stereocenters. The van der Waals surface area contributed by atoms with Gasteiger partial charge in [-0.15, -0.1) is 0 Å². The van der Waals surface area contributed by atoms with Crippen molar-refractivity contribution in [2.75, 3.05) is 73.5 Å². The van der Waals surface area contributed by atoms with Gasteiger partial charge in [-0.25, -0.2) is 39.9 Å². The molecule has 1 aliphatic heterocycles. The standard InChI is InChI=1S/C21H23ClN4O.C21H24N4O.C20H18ClN5O.C19H20N6O.C18H15ClN6O/c1-14-21(27-13-15-6-3-2-4-7-15)26-20(12-23-14)25-19-10-16-8-5-9-18(22)17(16)11-24-19;1-15-21(26-14-16-7-3-2-4-8-16)25-20(13-22-15)24-19-11-17-9-5-6-10-18(17)12-23-19;21-16-8-4-5-13-9-18(24-11-15(13)16)25-19-12-23-17(10-22)20(26-19)27-14-6-2-1-3-7-14;1-13(12-25(2)3)26-19-16(9-20)21-11-18(24-19)23-17-8-14-6-4-5-7-15(14)10-22-17;19-14-3-1-2-11-6-16(23-9-13(11)14)24-17-10-22-15(7-20)18(25-17)26-12-4-5-21-8-12/h5,8-12,15H,2-4,6-7,13H2,1H3,(H,24,25,26);5-6,9-13,16H,2-4,7-8,14H2,1H3,(H,23,24,25);4-5,8-9,11-12,14H,1-3,6-7H2,(H,24,25,26);4-8,10-11,13H,12H2,1-3H3,(H,22,23,24);1-3,6,9-10,12,21H,4-5,8H2,(H,23,24,25)/t;;;;12-/m....1/s1. The lowest BCUT2D eigenvalue weighted by Gasteiger charge is -2.22. The lowest BCUT2D eigenvalue weighted by molar-refractivity contribution is 0.148. The topological polar surface area (TPSA) is 386 Å². The molecule has 5 aromatic carbocycles. The minimum absolute atomic E-state index is 0.00687. The Labute approximate surface area is 780 Å². The SMILES string of the molecule is CC(CN(C)C)Oc1nc(Nc2cc3ccccc3cn2)cnc1C#N.Cc1ncc(Nc2cc3cccc(Cl)c3cn2)nc1OCC1CCCCC1.Cc1ncc(Nc2cc3ccccc3cn2)nc1OCC1CCCCC1.N#Cc1ncc(Nc2cc3cccc(Cl)c3cn2)nc1OC1CCCCC1.N#Cc1ncc(Nc2cc3cccc(Cl)c3cn2)nc1O[C@@H]1CCNC1. The van der Waals surface area contributed by atoms with Crippen LogP contribution < -0.4 is 55.6 Å². The average Bonchev–Trinajstić information content (AvgIpc) is 1.00. The molecule has 15 aromatic rings. The van der Waals surface area contributed by atoms with Crippen LogP contribution in [0.25, 0.3) is 53.9 Å². The zero-order valence-corrected chi connectivity index (χ0v) is 76.2. The van der Waals surface area contributed by atoms with Crippen molar-refractivity contribution in [1.29, 1.82) is 15.8 Å². The van der Waals surface area contributed by atoms with Crippen LogP contribution in [0.5, 0.6) is 29.4 Å². The van der Waals surface area contributed by atoms with Gasteiger partial charge in [0.25, 0.3) is 17.6 Å². The minimum atomic E-state index is -0.125. The number of nitrogens with one attached hydrogen (secondary N) is 6. The number of pyridine rings is 5. The van der Waals surface area contributed by atoms with Gasteiger partial charge in [-0.05, 0) is 186 Å². The summed E-state index contributed by atoms with van der Waals surface area (Å²) >= 11 is 18.6. The number of benzene rings is 5. The van der Waals surface area contributed by atoms with Crippen molar-refractivity contribution in [1.82, 2.24) is 85.0 Å². The number of likely N-dealkylation sites (N-methyl/N-ethyl adjacent to an activating group) is 1. The number of hydrogen-bond acceptors (Lipinski definition) is 30. The van der Waals surface area contributed by atoms with Crippen molar-refractivity contribution in [2.45, 2.75) is 142 Å². The van der Waals surface area contributed by atoms with E-state index in [0.717, 1.165) is 123 Å². The summed E-state index contributed by atoms with van der Waals surface area (Å²) < 4.78 is 29.6. The van der Waals surface area contributed by atoms with Crippen LogP contribution in [-0.4, -0.2) is 145 Å². The Morgan fingerprint density at radius 1 is 0.371 bits per heavy atom. The van der Waals surface area contributed by atoms with Crippen LogP contribution in [0.3, 0.4) is 0 Å². The molecule has 3 aliphatic carbocycles. The first-order chi connectivity index (χ1) is 64.5. The van der Waals surface area contributed by atoms with Crippen LogP contribution in [0, 0.1) is 59.7 Å². The van der Waals surface area contributed by atoms with Crippen LogP contribution in [0.2, 0.25) is 15.1 Å². The Hall–Kier alpha value is -14.2. The molecule has 11 heterocycles. The third kappa shape index (κ3) is 25.9. The predicted molar refractivity (Wildman–Crippen MR) is 516 cm³/mol. The number of aromatic nitrogens is 15. The number of ether oxygens (including phenoxy) is 5. The second-order valence-electron chi connectivity index (χ2n) is 32.8. The van der Waals surface area contributed by atoms with Gasteiger partial charge in [0.1, 0.15) is 65.6 Å². The molecular weight excluding hydrogens is 1730 g/mol. The molecule has 2 atom stereocenters. The maximum absolute atomic E-state index is 9.30. The number of anilines is 10. The van der Waals surface area contributed by atoms with E-state index in [0.29, 0.717) is 104 Å². The smallest absolute Gasteiger partial charge is 0.253 e. The number of aryl methyl sites for hydroxylation is 2. The van der Waals surface area contributed by atoms with E-state index in [4.69, 9.17) is 58.5 Å². The maximum Gasteiger partial charge on any atom is 0.253 e. The van der Waals surface area contributed by atoms with Gasteiger partial charge in [-0.2, -0.15) is 40.7 Å². The molecule has 6 N–H and O–H groups in total. The largest absolute Gasteiger partial charge is 0.476 e. The molecule has 19 rings (SSSR count). The first-order valence-corrected chi connectivity index (χ1v) is 45.4. The van der Waals surface area contributed by atoms with Gasteiger partial charge >= 0.3 is 0 Å². The van der Waals surface area contributed by atoms with E-state index in [-0.39, 0.29) is 53.0 Å². The van der Waals surface area contributed by atoms with E-state index in [9.17, 15) is 15.8 Å². The van der Waals surface area contributed by atoms with Crippen molar-refractivity contribution in [2.24, 2.45) is 11.8 Å². The van der Waals surface area contributed by atoms with E-state index >= 15 is 0 Å². The van der Waals surface area contributed by atoms with Gasteiger partial charge in [0.05, 0.1) is 55.6 Å². The van der Waals surface area contributed by atoms with E-state index in [1.54, 1.807) is 37.2 Å². The van der Waals surface area contributed by atoms with Crippen LogP contribution >= 0.6 is 34.8 Å². The van der Waals surface area contributed by atoms with Gasteiger partial charge in [0, 0.05) is 86.1 Å². The fourth-order valence-electron chi connectivity index (χ4n) is 15.7. The van der Waals surface area contributed by atoms with E-state index < -0.39 is 0 Å². The Balaban J connectivity index is 0.000000126. The zero-order valence-electron chi connectivity index (χ0n) is 73.9. The van der Waals surface area contributed by atoms with Crippen LogP contribution in [0.1, 0.15) is 138 Å². The second kappa shape index (κ2) is 45.9. The summed E-state index contributed by atoms with van der Waals surface area (Å²) in [6.07, 6.45) is 36.0. The normalized spacial score (nSPS) is 14.6. The van der Waals surface area contributed by atoms with Gasteiger partial charge in [0.2, 0.25) is 28.8 Å². The first kappa shape index (κ1) is 92.5. The Kier molecular flexibility index (Phi) is 32.2. The minimum Gasteiger partial charge on any atom is -0.476 e. The summed E-state index contributed by atoms with van der Waals surface area (Å²) in [7, 11) is 3.92. The number of halogens is 3.